The first-order chi connectivity index (χ1) is 20.1. The van der Waals surface area contributed by atoms with Gasteiger partial charge in [0.05, 0.1) is 0 Å². The number of fused-ring (bicyclic) bond motifs is 4. The second kappa shape index (κ2) is 12.7. The average molecular weight is 541 g/mol. The van der Waals surface area contributed by atoms with Crippen LogP contribution in [-0.4, -0.2) is 0 Å². The minimum Gasteiger partial charge on any atom is -0.461 e. The predicted molar refractivity (Wildman–Crippen MR) is 174 cm³/mol. The van der Waals surface area contributed by atoms with E-state index in [1.54, 1.807) is 0 Å². The maximum Gasteiger partial charge on any atom is 0.178 e. The standard InChI is InChI=1S/C39H40O2/c1-3-4-5-6-7-8-9-10-11-12-13-29-14-16-30(17-15-29)18-19-37-25-36-24-32-22-33-26-38-35(20-28(2)40-38)23-31(33)21-34(32)27-39(36)41-37/h14-17,20-27H,3-13H2,1-2H3. The van der Waals surface area contributed by atoms with Crippen molar-refractivity contribution in [3.63, 3.8) is 0 Å². The van der Waals surface area contributed by atoms with Gasteiger partial charge in [-0.25, -0.2) is 0 Å². The summed E-state index contributed by atoms with van der Waals surface area (Å²) in [5.41, 5.74) is 4.23. The fraction of sp³-hybridized carbons (Fsp3) is 0.333. The largest absolute Gasteiger partial charge is 0.461 e. The van der Waals surface area contributed by atoms with Crippen molar-refractivity contribution in [1.82, 2.24) is 0 Å². The minimum absolute atomic E-state index is 0.697. The van der Waals surface area contributed by atoms with Gasteiger partial charge in [-0.15, -0.1) is 0 Å². The lowest BCUT2D eigenvalue weighted by molar-refractivity contribution is 0.556. The van der Waals surface area contributed by atoms with Gasteiger partial charge < -0.3 is 8.83 Å². The van der Waals surface area contributed by atoms with Crippen LogP contribution in [0.5, 0.6) is 0 Å². The molecule has 0 spiro atoms. The van der Waals surface area contributed by atoms with Crippen LogP contribution >= 0.6 is 0 Å². The average Bonchev–Trinajstić information content (AvgIpc) is 3.54. The SMILES string of the molecule is CCCCCCCCCCCCc1ccc(C#Cc2cc3cc4cc5cc6oc(C)cc6cc5cc4cc3o2)cc1. The molecule has 0 radical (unpaired) electrons. The third-order valence-electron chi connectivity index (χ3n) is 8.29. The van der Waals surface area contributed by atoms with Crippen LogP contribution in [0, 0.1) is 18.8 Å². The Morgan fingerprint density at radius 1 is 0.512 bits per heavy atom. The van der Waals surface area contributed by atoms with E-state index in [1.165, 1.54) is 85.9 Å². The monoisotopic (exact) mass is 540 g/mol. The van der Waals surface area contributed by atoms with Gasteiger partial charge in [0.1, 0.15) is 16.9 Å². The topological polar surface area (TPSA) is 26.3 Å². The van der Waals surface area contributed by atoms with Crippen molar-refractivity contribution >= 4 is 43.5 Å². The molecule has 2 heterocycles. The maximum atomic E-state index is 6.14. The van der Waals surface area contributed by atoms with Gasteiger partial charge in [0.2, 0.25) is 0 Å². The number of benzene rings is 4. The Balaban J connectivity index is 1.06. The minimum atomic E-state index is 0.697. The number of rotatable bonds is 11. The Morgan fingerprint density at radius 2 is 1.05 bits per heavy atom. The van der Waals surface area contributed by atoms with E-state index in [0.29, 0.717) is 5.76 Å². The van der Waals surface area contributed by atoms with Crippen LogP contribution < -0.4 is 0 Å². The predicted octanol–water partition coefficient (Wildman–Crippen LogP) is 11.7. The van der Waals surface area contributed by atoms with Gasteiger partial charge in [-0.2, -0.15) is 0 Å². The summed E-state index contributed by atoms with van der Waals surface area (Å²) in [6.07, 6.45) is 14.9. The Morgan fingerprint density at radius 3 is 1.71 bits per heavy atom. The highest BCUT2D eigenvalue weighted by Crippen LogP contribution is 2.32. The lowest BCUT2D eigenvalue weighted by Gasteiger charge is -2.03. The van der Waals surface area contributed by atoms with E-state index in [0.717, 1.165) is 45.1 Å². The Kier molecular flexibility index (Phi) is 8.43. The first-order valence-corrected chi connectivity index (χ1v) is 15.6. The second-order valence-corrected chi connectivity index (χ2v) is 11.7. The fourth-order valence-corrected chi connectivity index (χ4v) is 5.97. The smallest absolute Gasteiger partial charge is 0.178 e. The molecule has 4 aromatic carbocycles. The van der Waals surface area contributed by atoms with E-state index in [9.17, 15) is 0 Å². The van der Waals surface area contributed by atoms with Crippen LogP contribution in [0.3, 0.4) is 0 Å². The van der Waals surface area contributed by atoms with E-state index in [2.05, 4.69) is 85.5 Å². The van der Waals surface area contributed by atoms with E-state index >= 15 is 0 Å². The molecular formula is C39H40O2. The van der Waals surface area contributed by atoms with E-state index in [1.807, 2.05) is 13.0 Å². The summed E-state index contributed by atoms with van der Waals surface area (Å²) in [5.74, 6) is 8.16. The van der Waals surface area contributed by atoms with Crippen molar-refractivity contribution in [2.45, 2.75) is 84.5 Å². The molecule has 0 aliphatic rings. The summed E-state index contributed by atoms with van der Waals surface area (Å²) >= 11 is 0. The summed E-state index contributed by atoms with van der Waals surface area (Å²) < 4.78 is 12.0. The molecule has 2 nitrogen and oxygen atoms in total. The lowest BCUT2D eigenvalue weighted by Crippen LogP contribution is -1.87. The molecule has 0 atom stereocenters. The molecule has 0 amide bonds. The van der Waals surface area contributed by atoms with E-state index in [4.69, 9.17) is 8.83 Å². The molecule has 0 N–H and O–H groups in total. The number of furan rings is 2. The van der Waals surface area contributed by atoms with Gasteiger partial charge in [-0.05, 0) is 107 Å². The highest BCUT2D eigenvalue weighted by molar-refractivity contribution is 6.06. The first kappa shape index (κ1) is 27.2. The van der Waals surface area contributed by atoms with Gasteiger partial charge in [0.25, 0.3) is 0 Å². The summed E-state index contributed by atoms with van der Waals surface area (Å²) in [6.45, 7) is 4.27. The molecule has 0 saturated heterocycles. The molecule has 0 saturated carbocycles. The number of unbranched alkanes of at least 4 members (excludes halogenated alkanes) is 9. The maximum absolute atomic E-state index is 6.14. The van der Waals surface area contributed by atoms with Crippen molar-refractivity contribution in [3.8, 4) is 11.8 Å². The quantitative estimate of drug-likeness (QED) is 0.0928. The van der Waals surface area contributed by atoms with Crippen LogP contribution in [0.2, 0.25) is 0 Å². The normalized spacial score (nSPS) is 11.6. The summed E-state index contributed by atoms with van der Waals surface area (Å²) in [7, 11) is 0. The zero-order chi connectivity index (χ0) is 28.0. The van der Waals surface area contributed by atoms with Crippen molar-refractivity contribution < 1.29 is 8.83 Å². The van der Waals surface area contributed by atoms with Crippen LogP contribution in [0.25, 0.3) is 43.5 Å². The zero-order valence-electron chi connectivity index (χ0n) is 24.5. The van der Waals surface area contributed by atoms with Crippen molar-refractivity contribution in [3.05, 3.63) is 95.4 Å². The van der Waals surface area contributed by atoms with Crippen molar-refractivity contribution in [2.24, 2.45) is 0 Å². The number of hydrogen-bond acceptors (Lipinski definition) is 2. The first-order valence-electron chi connectivity index (χ1n) is 15.6. The second-order valence-electron chi connectivity index (χ2n) is 11.7. The molecule has 0 unspecified atom stereocenters. The zero-order valence-corrected chi connectivity index (χ0v) is 24.5. The third kappa shape index (κ3) is 6.68. The molecule has 0 fully saturated rings. The van der Waals surface area contributed by atoms with E-state index in [-0.39, 0.29) is 0 Å². The van der Waals surface area contributed by atoms with Gasteiger partial charge in [0.15, 0.2) is 5.76 Å². The summed E-state index contributed by atoms with van der Waals surface area (Å²) in [6, 6.07) is 26.0. The van der Waals surface area contributed by atoms with Gasteiger partial charge in [-0.3, -0.25) is 0 Å². The van der Waals surface area contributed by atoms with E-state index < -0.39 is 0 Å². The molecule has 6 aromatic rings. The Hall–Kier alpha value is -3.96. The highest BCUT2D eigenvalue weighted by Gasteiger charge is 2.08. The number of hydrogen-bond donors (Lipinski definition) is 0. The van der Waals surface area contributed by atoms with Gasteiger partial charge in [0, 0.05) is 22.4 Å². The molecule has 0 aliphatic carbocycles. The summed E-state index contributed by atoms with van der Waals surface area (Å²) in [5, 5.41) is 6.94. The van der Waals surface area contributed by atoms with Crippen LogP contribution in [0.1, 0.15) is 93.8 Å². The third-order valence-corrected chi connectivity index (χ3v) is 8.29. The molecular weight excluding hydrogens is 500 g/mol. The number of aryl methyl sites for hydroxylation is 2. The molecule has 2 heteroatoms. The summed E-state index contributed by atoms with van der Waals surface area (Å²) in [4.78, 5) is 0. The van der Waals surface area contributed by atoms with Crippen LogP contribution in [0.4, 0.5) is 0 Å². The Labute approximate surface area is 243 Å². The highest BCUT2D eigenvalue weighted by atomic mass is 16.3. The molecule has 6 rings (SSSR count). The lowest BCUT2D eigenvalue weighted by atomic mass is 10.0. The van der Waals surface area contributed by atoms with Gasteiger partial charge in [-0.1, -0.05) is 82.8 Å². The van der Waals surface area contributed by atoms with Crippen molar-refractivity contribution in [1.29, 1.82) is 0 Å². The molecule has 0 aliphatic heterocycles. The van der Waals surface area contributed by atoms with Crippen LogP contribution in [0.15, 0.2) is 81.6 Å². The molecule has 208 valence electrons. The van der Waals surface area contributed by atoms with Crippen LogP contribution in [-0.2, 0) is 6.42 Å². The van der Waals surface area contributed by atoms with Gasteiger partial charge >= 0.3 is 0 Å². The molecule has 0 bridgehead atoms. The molecule has 2 aromatic heterocycles. The fourth-order valence-electron chi connectivity index (χ4n) is 5.97. The molecule has 41 heavy (non-hydrogen) atoms. The van der Waals surface area contributed by atoms with Crippen molar-refractivity contribution in [2.75, 3.05) is 0 Å². The Bertz CT molecular complexity index is 1750.